The van der Waals surface area contributed by atoms with Crippen molar-refractivity contribution in [1.82, 2.24) is 0 Å². The van der Waals surface area contributed by atoms with E-state index in [1.165, 1.54) is 218 Å². The van der Waals surface area contributed by atoms with Crippen LogP contribution in [0.1, 0.15) is 361 Å². The maximum absolute atomic E-state index is 12.9. The Hall–Kier alpha value is -3.41. The Morgan fingerprint density at radius 3 is 0.756 bits per heavy atom. The number of unbranched alkanes of at least 4 members (excludes halogenated alkanes) is 40. The first-order valence-electron chi connectivity index (χ1n) is 35.6. The molecule has 0 amide bonds. The van der Waals surface area contributed by atoms with E-state index in [9.17, 15) is 14.4 Å². The third-order valence-corrected chi connectivity index (χ3v) is 15.6. The SMILES string of the molecule is CC/C=C\C/C=C\C/C=C\C/C=C\C/C=C\C/C=C\CCCCCCCCCCCCCCCCC(=O)OCC(COC(=O)CCCCCCC/C=C\CCCCCCC)OC(=O)CCCCCCCCCCCCCCCCCCC. The molecular formula is C76H134O6. The zero-order valence-corrected chi connectivity index (χ0v) is 54.5. The molecule has 0 aliphatic rings. The first-order valence-corrected chi connectivity index (χ1v) is 35.6. The molecule has 474 valence electrons. The second kappa shape index (κ2) is 70.1. The lowest BCUT2D eigenvalue weighted by Gasteiger charge is -2.18. The van der Waals surface area contributed by atoms with Crippen molar-refractivity contribution in [3.8, 4) is 0 Å². The van der Waals surface area contributed by atoms with Crippen LogP contribution in [-0.2, 0) is 28.6 Å². The molecule has 0 aromatic rings. The van der Waals surface area contributed by atoms with Crippen molar-refractivity contribution in [3.63, 3.8) is 0 Å². The zero-order valence-electron chi connectivity index (χ0n) is 54.5. The fraction of sp³-hybridized carbons (Fsp3) is 0.776. The first-order chi connectivity index (χ1) is 40.5. The van der Waals surface area contributed by atoms with Crippen LogP contribution >= 0.6 is 0 Å². The molecule has 0 fully saturated rings. The number of ether oxygens (including phenoxy) is 3. The van der Waals surface area contributed by atoms with E-state index in [4.69, 9.17) is 14.2 Å². The summed E-state index contributed by atoms with van der Waals surface area (Å²) in [5.74, 6) is -0.862. The van der Waals surface area contributed by atoms with E-state index in [1.807, 2.05) is 0 Å². The average Bonchev–Trinajstić information content (AvgIpc) is 3.47. The van der Waals surface area contributed by atoms with Crippen molar-refractivity contribution in [3.05, 3.63) is 85.1 Å². The summed E-state index contributed by atoms with van der Waals surface area (Å²) in [5, 5.41) is 0. The van der Waals surface area contributed by atoms with E-state index in [0.29, 0.717) is 19.3 Å². The third kappa shape index (κ3) is 67.4. The molecule has 82 heavy (non-hydrogen) atoms. The molecule has 0 heterocycles. The van der Waals surface area contributed by atoms with Gasteiger partial charge in [-0.3, -0.25) is 14.4 Å². The largest absolute Gasteiger partial charge is 0.462 e. The van der Waals surface area contributed by atoms with Crippen LogP contribution in [0.5, 0.6) is 0 Å². The van der Waals surface area contributed by atoms with Crippen LogP contribution in [0.25, 0.3) is 0 Å². The Kier molecular flexibility index (Phi) is 67.2. The van der Waals surface area contributed by atoms with Crippen molar-refractivity contribution >= 4 is 17.9 Å². The van der Waals surface area contributed by atoms with Crippen molar-refractivity contribution in [2.45, 2.75) is 367 Å². The standard InChI is InChI=1S/C76H134O6/c1-4-7-10-13-16-19-22-25-28-30-31-32-33-34-35-36-37-38-39-40-41-42-43-44-45-47-48-51-54-57-60-63-66-69-75(78)81-72-73(71-80-74(77)68-65-62-59-56-53-50-27-24-21-18-15-12-9-6-3)82-76(79)70-67-64-61-58-55-52-49-46-29-26-23-20-17-14-11-8-5-2/h7,10,16,19,24-25,27-28,31-32,34-35,37-38,73H,4-6,8-9,11-15,17-18,20-23,26,29-30,33,36,39-72H2,1-3H3/b10-7-,19-16-,27-24-,28-25-,32-31-,35-34-,38-37-. The second-order valence-corrected chi connectivity index (χ2v) is 23.8. The maximum Gasteiger partial charge on any atom is 0.306 e. The molecule has 0 aliphatic heterocycles. The van der Waals surface area contributed by atoms with Crippen LogP contribution in [0.15, 0.2) is 85.1 Å². The minimum absolute atomic E-state index is 0.0741. The summed E-state index contributed by atoms with van der Waals surface area (Å²) in [4.78, 5) is 38.4. The maximum atomic E-state index is 12.9. The Balaban J connectivity index is 4.20. The van der Waals surface area contributed by atoms with E-state index in [-0.39, 0.29) is 31.1 Å². The quantitative estimate of drug-likeness (QED) is 0.0261. The summed E-state index contributed by atoms with van der Waals surface area (Å²) in [6, 6.07) is 0. The van der Waals surface area contributed by atoms with Gasteiger partial charge in [-0.15, -0.1) is 0 Å². The fourth-order valence-corrected chi connectivity index (χ4v) is 10.3. The summed E-state index contributed by atoms with van der Waals surface area (Å²) in [6.07, 6.45) is 93.3. The van der Waals surface area contributed by atoms with E-state index < -0.39 is 6.10 Å². The zero-order chi connectivity index (χ0) is 59.2. The lowest BCUT2D eigenvalue weighted by Crippen LogP contribution is -2.30. The van der Waals surface area contributed by atoms with Gasteiger partial charge in [-0.1, -0.05) is 331 Å². The molecule has 0 saturated carbocycles. The highest BCUT2D eigenvalue weighted by atomic mass is 16.6. The average molecular weight is 1140 g/mol. The van der Waals surface area contributed by atoms with Crippen molar-refractivity contribution in [1.29, 1.82) is 0 Å². The van der Waals surface area contributed by atoms with Gasteiger partial charge in [0, 0.05) is 19.3 Å². The highest BCUT2D eigenvalue weighted by Gasteiger charge is 2.19. The van der Waals surface area contributed by atoms with Gasteiger partial charge in [0.2, 0.25) is 0 Å². The molecule has 0 radical (unpaired) electrons. The predicted molar refractivity (Wildman–Crippen MR) is 358 cm³/mol. The number of hydrogen-bond acceptors (Lipinski definition) is 6. The van der Waals surface area contributed by atoms with Gasteiger partial charge in [0.1, 0.15) is 13.2 Å². The Morgan fingerprint density at radius 1 is 0.256 bits per heavy atom. The molecule has 0 N–H and O–H groups in total. The first kappa shape index (κ1) is 78.6. The summed E-state index contributed by atoms with van der Waals surface area (Å²) >= 11 is 0. The molecule has 0 aromatic heterocycles. The lowest BCUT2D eigenvalue weighted by molar-refractivity contribution is -0.167. The molecule has 6 nitrogen and oxygen atoms in total. The van der Waals surface area contributed by atoms with E-state index in [2.05, 4.69) is 106 Å². The summed E-state index contributed by atoms with van der Waals surface area (Å²) in [5.41, 5.74) is 0. The highest BCUT2D eigenvalue weighted by molar-refractivity contribution is 5.71. The number of esters is 3. The van der Waals surface area contributed by atoms with Crippen LogP contribution in [-0.4, -0.2) is 37.2 Å². The molecule has 0 spiro atoms. The molecule has 0 aliphatic carbocycles. The fourth-order valence-electron chi connectivity index (χ4n) is 10.3. The lowest BCUT2D eigenvalue weighted by atomic mass is 10.0. The van der Waals surface area contributed by atoms with Crippen LogP contribution < -0.4 is 0 Å². The van der Waals surface area contributed by atoms with Gasteiger partial charge in [-0.25, -0.2) is 0 Å². The van der Waals surface area contributed by atoms with Gasteiger partial charge in [-0.2, -0.15) is 0 Å². The number of carbonyl (C=O) groups is 3. The van der Waals surface area contributed by atoms with Gasteiger partial charge in [0.05, 0.1) is 0 Å². The molecule has 0 aromatic carbocycles. The minimum Gasteiger partial charge on any atom is -0.462 e. The van der Waals surface area contributed by atoms with Gasteiger partial charge in [0.25, 0.3) is 0 Å². The Labute approximate surface area is 509 Å². The van der Waals surface area contributed by atoms with Gasteiger partial charge < -0.3 is 14.2 Å². The van der Waals surface area contributed by atoms with Crippen LogP contribution in [0, 0.1) is 0 Å². The van der Waals surface area contributed by atoms with Gasteiger partial charge in [0.15, 0.2) is 6.10 Å². The summed E-state index contributed by atoms with van der Waals surface area (Å²) in [7, 11) is 0. The summed E-state index contributed by atoms with van der Waals surface area (Å²) in [6.45, 7) is 6.56. The van der Waals surface area contributed by atoms with Gasteiger partial charge in [-0.05, 0) is 96.3 Å². The monoisotopic (exact) mass is 1140 g/mol. The van der Waals surface area contributed by atoms with Crippen LogP contribution in [0.2, 0.25) is 0 Å². The number of rotatable bonds is 65. The Morgan fingerprint density at radius 2 is 0.476 bits per heavy atom. The molecular weight excluding hydrogens is 1010 g/mol. The van der Waals surface area contributed by atoms with Gasteiger partial charge >= 0.3 is 17.9 Å². The molecule has 0 bridgehead atoms. The van der Waals surface area contributed by atoms with Crippen molar-refractivity contribution in [2.75, 3.05) is 13.2 Å². The van der Waals surface area contributed by atoms with Crippen LogP contribution in [0.3, 0.4) is 0 Å². The van der Waals surface area contributed by atoms with Crippen molar-refractivity contribution < 1.29 is 28.6 Å². The molecule has 1 atom stereocenters. The van der Waals surface area contributed by atoms with Crippen molar-refractivity contribution in [2.24, 2.45) is 0 Å². The molecule has 1 unspecified atom stereocenters. The topological polar surface area (TPSA) is 78.9 Å². The molecule has 6 heteroatoms. The summed E-state index contributed by atoms with van der Waals surface area (Å²) < 4.78 is 17.0. The number of allylic oxidation sites excluding steroid dienone is 14. The second-order valence-electron chi connectivity index (χ2n) is 23.8. The van der Waals surface area contributed by atoms with Crippen LogP contribution in [0.4, 0.5) is 0 Å². The Bertz CT molecular complexity index is 1550. The number of carbonyl (C=O) groups excluding carboxylic acids is 3. The normalized spacial score (nSPS) is 12.6. The molecule has 0 rings (SSSR count). The highest BCUT2D eigenvalue weighted by Crippen LogP contribution is 2.18. The third-order valence-electron chi connectivity index (χ3n) is 15.6. The predicted octanol–water partition coefficient (Wildman–Crippen LogP) is 24.6. The molecule has 0 saturated heterocycles. The van der Waals surface area contributed by atoms with E-state index in [1.54, 1.807) is 0 Å². The van der Waals surface area contributed by atoms with E-state index >= 15 is 0 Å². The number of hydrogen-bond donors (Lipinski definition) is 0. The van der Waals surface area contributed by atoms with E-state index in [0.717, 1.165) is 103 Å². The minimum atomic E-state index is -0.778. The smallest absolute Gasteiger partial charge is 0.306 e.